The van der Waals surface area contributed by atoms with Crippen LogP contribution in [0.1, 0.15) is 0 Å². The highest BCUT2D eigenvalue weighted by molar-refractivity contribution is 7.14. The lowest BCUT2D eigenvalue weighted by molar-refractivity contribution is 0.647. The third-order valence-corrected chi connectivity index (χ3v) is 2.55. The fraction of sp³-hybridized carbons (Fsp3) is 0. The van der Waals surface area contributed by atoms with E-state index in [-0.39, 0.29) is 0 Å². The van der Waals surface area contributed by atoms with Crippen molar-refractivity contribution in [3.63, 3.8) is 0 Å². The van der Waals surface area contributed by atoms with Crippen LogP contribution in [0.3, 0.4) is 0 Å². The predicted molar refractivity (Wildman–Crippen MR) is 57.4 cm³/mol. The molecule has 0 N–H and O–H groups in total. The summed E-state index contributed by atoms with van der Waals surface area (Å²) in [4.78, 5) is 0. The molecule has 1 aromatic carbocycles. The van der Waals surface area contributed by atoms with Gasteiger partial charge in [0.1, 0.15) is 5.75 Å². The minimum atomic E-state index is 0.865. The predicted octanol–water partition coefficient (Wildman–Crippen LogP) is 2.45. The lowest BCUT2D eigenvalue weighted by atomic mass is 10.2. The van der Waals surface area contributed by atoms with Gasteiger partial charge in [0.25, 0.3) is 0 Å². The van der Waals surface area contributed by atoms with E-state index < -0.39 is 0 Å². The van der Waals surface area contributed by atoms with Crippen LogP contribution >= 0.6 is 18.9 Å². The lowest BCUT2D eigenvalue weighted by Gasteiger charge is -1.99. The summed E-state index contributed by atoms with van der Waals surface area (Å²) < 4.78 is 7.03. The van der Waals surface area contributed by atoms with Crippen molar-refractivity contribution < 1.29 is 4.52 Å². The second-order valence-electron chi connectivity index (χ2n) is 2.56. The van der Waals surface area contributed by atoms with Gasteiger partial charge in [0.2, 0.25) is 0 Å². The summed E-state index contributed by atoms with van der Waals surface area (Å²) in [7, 11) is 4.87. The fourth-order valence-corrected chi connectivity index (χ4v) is 1.68. The standard InChI is InChI=1S/C8H9NOP2/c11-9-4-3-6-5-7(10-12)1-2-8(6)9/h1-5H,11-12H2. The van der Waals surface area contributed by atoms with Crippen LogP contribution in [0, 0.1) is 0 Å². The first-order valence-electron chi connectivity index (χ1n) is 3.54. The van der Waals surface area contributed by atoms with Gasteiger partial charge in [-0.15, -0.1) is 0 Å². The number of benzene rings is 1. The van der Waals surface area contributed by atoms with E-state index in [1.807, 2.05) is 28.7 Å². The zero-order valence-electron chi connectivity index (χ0n) is 6.40. The van der Waals surface area contributed by atoms with Crippen molar-refractivity contribution in [3.05, 3.63) is 30.5 Å². The molecule has 2 nitrogen and oxygen atoms in total. The third-order valence-electron chi connectivity index (χ3n) is 1.83. The molecule has 0 aliphatic rings. The van der Waals surface area contributed by atoms with E-state index in [1.54, 1.807) is 0 Å². The van der Waals surface area contributed by atoms with Crippen LogP contribution < -0.4 is 4.52 Å². The van der Waals surface area contributed by atoms with E-state index in [4.69, 9.17) is 4.52 Å². The normalized spacial score (nSPS) is 10.5. The van der Waals surface area contributed by atoms with E-state index in [2.05, 4.69) is 24.9 Å². The minimum absolute atomic E-state index is 0.865. The third kappa shape index (κ3) is 1.22. The van der Waals surface area contributed by atoms with Gasteiger partial charge in [-0.2, -0.15) is 0 Å². The molecule has 62 valence electrons. The number of nitrogens with zero attached hydrogens (tertiary/aromatic N) is 1. The maximum Gasteiger partial charge on any atom is 0.123 e. The fourth-order valence-electron chi connectivity index (χ4n) is 1.22. The molecule has 1 aromatic heterocycles. The van der Waals surface area contributed by atoms with Crippen LogP contribution in [0.25, 0.3) is 10.9 Å². The van der Waals surface area contributed by atoms with Crippen LogP contribution in [0.5, 0.6) is 5.75 Å². The van der Waals surface area contributed by atoms with Crippen LogP contribution in [0.15, 0.2) is 30.5 Å². The van der Waals surface area contributed by atoms with Gasteiger partial charge in [0, 0.05) is 11.6 Å². The Bertz CT molecular complexity index is 410. The quantitative estimate of drug-likeness (QED) is 0.640. The zero-order valence-corrected chi connectivity index (χ0v) is 8.71. The Kier molecular flexibility index (Phi) is 2.04. The minimum Gasteiger partial charge on any atom is -0.480 e. The molecule has 0 saturated heterocycles. The number of hydrogen-bond donors (Lipinski definition) is 0. The Hall–Kier alpha value is -0.580. The monoisotopic (exact) mass is 197 g/mol. The molecule has 1 heterocycles. The Morgan fingerprint density at radius 1 is 1.25 bits per heavy atom. The summed E-state index contributed by atoms with van der Waals surface area (Å²) in [6, 6.07) is 8.02. The molecular weight excluding hydrogens is 188 g/mol. The molecule has 2 aromatic rings. The Balaban J connectivity index is 2.69. The van der Waals surface area contributed by atoms with Gasteiger partial charge in [0.15, 0.2) is 0 Å². The lowest BCUT2D eigenvalue weighted by Crippen LogP contribution is -1.76. The van der Waals surface area contributed by atoms with E-state index in [1.165, 1.54) is 10.9 Å². The molecule has 0 saturated carbocycles. The molecule has 2 unspecified atom stereocenters. The van der Waals surface area contributed by atoms with Gasteiger partial charge in [-0.25, -0.2) is 0 Å². The zero-order chi connectivity index (χ0) is 8.55. The second-order valence-corrected chi connectivity index (χ2v) is 3.35. The van der Waals surface area contributed by atoms with Crippen molar-refractivity contribution in [1.29, 1.82) is 0 Å². The highest BCUT2D eigenvalue weighted by Gasteiger charge is 1.98. The van der Waals surface area contributed by atoms with Gasteiger partial charge in [-0.1, -0.05) is 0 Å². The highest BCUT2D eigenvalue weighted by Crippen LogP contribution is 2.23. The molecule has 0 spiro atoms. The van der Waals surface area contributed by atoms with E-state index in [9.17, 15) is 0 Å². The molecule has 0 aliphatic carbocycles. The summed E-state index contributed by atoms with van der Waals surface area (Å²) in [5.41, 5.74) is 1.19. The number of hydrogen-bond acceptors (Lipinski definition) is 1. The molecule has 12 heavy (non-hydrogen) atoms. The van der Waals surface area contributed by atoms with Crippen LogP contribution in [-0.4, -0.2) is 4.34 Å². The average Bonchev–Trinajstić information content (AvgIpc) is 2.47. The maximum atomic E-state index is 5.03. The second kappa shape index (κ2) is 3.05. The Morgan fingerprint density at radius 3 is 2.83 bits per heavy atom. The summed E-state index contributed by atoms with van der Waals surface area (Å²) in [5, 5.41) is 1.19. The molecule has 0 aliphatic heterocycles. The Labute approximate surface area is 75.4 Å². The van der Waals surface area contributed by atoms with Gasteiger partial charge in [-0.05, 0) is 33.7 Å². The van der Waals surface area contributed by atoms with E-state index in [0.717, 1.165) is 5.75 Å². The smallest absolute Gasteiger partial charge is 0.123 e. The van der Waals surface area contributed by atoms with Crippen LogP contribution in [0.2, 0.25) is 0 Å². The van der Waals surface area contributed by atoms with Crippen molar-refractivity contribution in [1.82, 2.24) is 4.34 Å². The Morgan fingerprint density at radius 2 is 2.08 bits per heavy atom. The van der Waals surface area contributed by atoms with E-state index >= 15 is 0 Å². The largest absolute Gasteiger partial charge is 0.480 e. The highest BCUT2D eigenvalue weighted by atomic mass is 31.0. The topological polar surface area (TPSA) is 14.2 Å². The van der Waals surface area contributed by atoms with Crippen molar-refractivity contribution in [2.45, 2.75) is 0 Å². The average molecular weight is 197 g/mol. The maximum absolute atomic E-state index is 5.03. The van der Waals surface area contributed by atoms with Crippen molar-refractivity contribution in [3.8, 4) is 5.75 Å². The van der Waals surface area contributed by atoms with Gasteiger partial charge < -0.3 is 8.86 Å². The van der Waals surface area contributed by atoms with Crippen LogP contribution in [-0.2, 0) is 0 Å². The first-order valence-corrected chi connectivity index (χ1v) is 4.53. The molecule has 0 fully saturated rings. The first-order chi connectivity index (χ1) is 5.81. The van der Waals surface area contributed by atoms with Crippen LogP contribution in [0.4, 0.5) is 0 Å². The van der Waals surface area contributed by atoms with Crippen molar-refractivity contribution in [2.75, 3.05) is 0 Å². The number of rotatable bonds is 1. The number of aromatic nitrogens is 1. The summed E-state index contributed by atoms with van der Waals surface area (Å²) >= 11 is 0. The van der Waals surface area contributed by atoms with Crippen molar-refractivity contribution in [2.24, 2.45) is 0 Å². The number of fused-ring (bicyclic) bond motifs is 1. The molecule has 0 radical (unpaired) electrons. The molecule has 2 rings (SSSR count). The molecule has 0 bridgehead atoms. The first kappa shape index (κ1) is 8.04. The molecule has 2 atom stereocenters. The molecule has 4 heteroatoms. The molecule has 0 amide bonds. The SMILES string of the molecule is POc1ccc2c(ccn2P)c1. The summed E-state index contributed by atoms with van der Waals surface area (Å²) in [5.74, 6) is 0.865. The van der Waals surface area contributed by atoms with Crippen molar-refractivity contribution >= 4 is 29.8 Å². The summed E-state index contributed by atoms with van der Waals surface area (Å²) in [6.45, 7) is 0. The van der Waals surface area contributed by atoms with Gasteiger partial charge in [-0.3, -0.25) is 0 Å². The van der Waals surface area contributed by atoms with Gasteiger partial charge >= 0.3 is 0 Å². The van der Waals surface area contributed by atoms with E-state index in [0.29, 0.717) is 0 Å². The summed E-state index contributed by atoms with van der Waals surface area (Å²) in [6.07, 6.45) is 2.00. The molecular formula is C8H9NOP2. The van der Waals surface area contributed by atoms with Gasteiger partial charge in [0.05, 0.1) is 15.0 Å².